The number of hydrogen-bond donors (Lipinski definition) is 2. The number of para-hydroxylation sites is 1. The molecule has 0 aliphatic carbocycles. The number of nitrogens with one attached hydrogen (secondary N) is 2. The fraction of sp³-hybridized carbons (Fsp3) is 0.303. The monoisotopic (exact) mass is 551 g/mol. The number of amides is 1. The van der Waals surface area contributed by atoms with Crippen molar-refractivity contribution in [1.29, 1.82) is 0 Å². The van der Waals surface area contributed by atoms with Gasteiger partial charge in [0, 0.05) is 36.2 Å². The zero-order chi connectivity index (χ0) is 28.4. The third-order valence-electron chi connectivity index (χ3n) is 7.83. The van der Waals surface area contributed by atoms with Crippen molar-refractivity contribution in [2.45, 2.75) is 59.5 Å². The quantitative estimate of drug-likeness (QED) is 0.240. The van der Waals surface area contributed by atoms with Crippen LogP contribution in [0.2, 0.25) is 0 Å². The minimum absolute atomic E-state index is 0.0374. The molecule has 1 aliphatic rings. The minimum Gasteiger partial charge on any atom is -0.352 e. The molecule has 206 valence electrons. The van der Waals surface area contributed by atoms with Gasteiger partial charge in [0.15, 0.2) is 5.11 Å². The van der Waals surface area contributed by atoms with E-state index < -0.39 is 0 Å². The summed E-state index contributed by atoms with van der Waals surface area (Å²) >= 11 is 5.88. The molecule has 1 fully saturated rings. The van der Waals surface area contributed by atoms with E-state index in [4.69, 9.17) is 12.2 Å². The molecule has 1 saturated heterocycles. The summed E-state index contributed by atoms with van der Waals surface area (Å²) < 4.78 is 2.38. The lowest BCUT2D eigenvalue weighted by atomic mass is 9.96. The maximum atomic E-state index is 13.0. The molecular formula is C33H37N5OS. The summed E-state index contributed by atoms with van der Waals surface area (Å²) in [5.74, 6) is -0.0374. The predicted molar refractivity (Wildman–Crippen MR) is 166 cm³/mol. The summed E-state index contributed by atoms with van der Waals surface area (Å²) in [4.78, 5) is 19.8. The second kappa shape index (κ2) is 11.6. The number of nitrogens with zero attached hydrogens (tertiary/aromatic N) is 3. The van der Waals surface area contributed by atoms with Crippen LogP contribution in [-0.2, 0) is 11.2 Å². The van der Waals surface area contributed by atoms with Crippen LogP contribution in [0.1, 0.15) is 64.8 Å². The SMILES string of the molecule is CCc1cccc(C)c1-n1c(C)cc(C2C(c3ccccn3)NC(=S)N2CCC(=O)Nc2ccc(C)cc2)c1C. The molecule has 1 aliphatic heterocycles. The van der Waals surface area contributed by atoms with Gasteiger partial charge in [-0.3, -0.25) is 9.78 Å². The topological polar surface area (TPSA) is 62.2 Å². The molecule has 40 heavy (non-hydrogen) atoms. The van der Waals surface area contributed by atoms with Crippen LogP contribution in [0.3, 0.4) is 0 Å². The molecule has 3 heterocycles. The number of hydrogen-bond acceptors (Lipinski definition) is 3. The number of carbonyl (C=O) groups excluding carboxylic acids is 1. The van der Waals surface area contributed by atoms with Crippen LogP contribution in [0.25, 0.3) is 5.69 Å². The maximum absolute atomic E-state index is 13.0. The Hall–Kier alpha value is -3.97. The van der Waals surface area contributed by atoms with Crippen LogP contribution in [0.4, 0.5) is 5.69 Å². The van der Waals surface area contributed by atoms with E-state index >= 15 is 0 Å². The van der Waals surface area contributed by atoms with E-state index in [1.165, 1.54) is 33.8 Å². The van der Waals surface area contributed by atoms with Crippen LogP contribution in [0, 0.1) is 27.7 Å². The van der Waals surface area contributed by atoms with Crippen molar-refractivity contribution in [2.75, 3.05) is 11.9 Å². The van der Waals surface area contributed by atoms with Crippen LogP contribution in [-0.4, -0.2) is 32.0 Å². The van der Waals surface area contributed by atoms with E-state index in [1.54, 1.807) is 0 Å². The smallest absolute Gasteiger partial charge is 0.226 e. The highest BCUT2D eigenvalue weighted by Gasteiger charge is 2.41. The van der Waals surface area contributed by atoms with Gasteiger partial charge in [0.1, 0.15) is 0 Å². The van der Waals surface area contributed by atoms with Crippen molar-refractivity contribution >= 4 is 28.9 Å². The molecule has 2 aromatic heterocycles. The summed E-state index contributed by atoms with van der Waals surface area (Å²) in [7, 11) is 0. The van der Waals surface area contributed by atoms with Crippen molar-refractivity contribution in [3.05, 3.63) is 112 Å². The molecule has 0 bridgehead atoms. The number of aryl methyl sites for hydroxylation is 4. The molecule has 6 nitrogen and oxygen atoms in total. The summed E-state index contributed by atoms with van der Waals surface area (Å²) in [5.41, 5.74) is 10.2. The molecule has 7 heteroatoms. The lowest BCUT2D eigenvalue weighted by Gasteiger charge is -2.28. The summed E-state index contributed by atoms with van der Waals surface area (Å²) in [6, 6.07) is 22.4. The van der Waals surface area contributed by atoms with Crippen molar-refractivity contribution in [1.82, 2.24) is 19.8 Å². The van der Waals surface area contributed by atoms with E-state index in [1.807, 2.05) is 55.6 Å². The molecule has 2 atom stereocenters. The van der Waals surface area contributed by atoms with E-state index in [2.05, 4.69) is 77.0 Å². The first-order valence-electron chi connectivity index (χ1n) is 13.9. The number of thiocarbonyl (C=S) groups is 1. The number of benzene rings is 2. The summed E-state index contributed by atoms with van der Waals surface area (Å²) in [5, 5.41) is 7.19. The Kier molecular flexibility index (Phi) is 8.03. The van der Waals surface area contributed by atoms with E-state index in [9.17, 15) is 4.79 Å². The van der Waals surface area contributed by atoms with Gasteiger partial charge in [-0.1, -0.05) is 48.9 Å². The fourth-order valence-corrected chi connectivity index (χ4v) is 6.16. The normalized spacial score (nSPS) is 16.7. The third-order valence-corrected chi connectivity index (χ3v) is 8.18. The van der Waals surface area contributed by atoms with E-state index in [-0.39, 0.29) is 18.0 Å². The number of anilines is 1. The summed E-state index contributed by atoms with van der Waals surface area (Å²) in [6.45, 7) is 11.3. The molecule has 2 unspecified atom stereocenters. The van der Waals surface area contributed by atoms with Crippen LogP contribution < -0.4 is 10.6 Å². The molecule has 1 amide bonds. The van der Waals surface area contributed by atoms with Gasteiger partial charge in [-0.15, -0.1) is 0 Å². The lowest BCUT2D eigenvalue weighted by Crippen LogP contribution is -2.32. The van der Waals surface area contributed by atoms with Crippen molar-refractivity contribution < 1.29 is 4.79 Å². The molecule has 4 aromatic rings. The molecule has 0 radical (unpaired) electrons. The Morgan fingerprint density at radius 1 is 1.02 bits per heavy atom. The van der Waals surface area contributed by atoms with Gasteiger partial charge in [-0.2, -0.15) is 0 Å². The molecule has 5 rings (SSSR count). The number of carbonyl (C=O) groups is 1. The molecule has 0 spiro atoms. The van der Waals surface area contributed by atoms with Crippen LogP contribution >= 0.6 is 12.2 Å². The van der Waals surface area contributed by atoms with Crippen LogP contribution in [0.5, 0.6) is 0 Å². The molecular weight excluding hydrogens is 514 g/mol. The molecule has 2 N–H and O–H groups in total. The average Bonchev–Trinajstić information content (AvgIpc) is 3.43. The fourth-order valence-electron chi connectivity index (χ4n) is 5.82. The zero-order valence-corrected chi connectivity index (χ0v) is 24.7. The van der Waals surface area contributed by atoms with Crippen molar-refractivity contribution in [3.8, 4) is 5.69 Å². The first kappa shape index (κ1) is 27.6. The highest BCUT2D eigenvalue weighted by Crippen LogP contribution is 2.42. The highest BCUT2D eigenvalue weighted by atomic mass is 32.1. The van der Waals surface area contributed by atoms with Crippen molar-refractivity contribution in [2.24, 2.45) is 0 Å². The standard InChI is InChI=1S/C33H37N5OS/c1-6-25-11-9-10-22(3)31(25)38-23(4)20-27(24(38)5)32-30(28-12-7-8-18-34-28)36-33(40)37(32)19-17-29(39)35-26-15-13-21(2)14-16-26/h7-16,18,20,30,32H,6,17,19H2,1-5H3,(H,35,39)(H,36,40). The van der Waals surface area contributed by atoms with E-state index in [0.29, 0.717) is 18.1 Å². The maximum Gasteiger partial charge on any atom is 0.226 e. The first-order valence-corrected chi connectivity index (χ1v) is 14.3. The first-order chi connectivity index (χ1) is 19.3. The summed E-state index contributed by atoms with van der Waals surface area (Å²) in [6.07, 6.45) is 3.09. The van der Waals surface area contributed by atoms with Gasteiger partial charge in [0.2, 0.25) is 5.91 Å². The Morgan fingerprint density at radius 2 is 1.80 bits per heavy atom. The van der Waals surface area contributed by atoms with Gasteiger partial charge < -0.3 is 20.1 Å². The number of rotatable bonds is 8. The van der Waals surface area contributed by atoms with Crippen LogP contribution in [0.15, 0.2) is 72.9 Å². The average molecular weight is 552 g/mol. The number of aromatic nitrogens is 2. The van der Waals surface area contributed by atoms with Gasteiger partial charge in [-0.05, 0) is 93.4 Å². The molecule has 2 aromatic carbocycles. The lowest BCUT2D eigenvalue weighted by molar-refractivity contribution is -0.116. The molecule has 0 saturated carbocycles. The second-order valence-electron chi connectivity index (χ2n) is 10.6. The van der Waals surface area contributed by atoms with Crippen molar-refractivity contribution in [3.63, 3.8) is 0 Å². The third kappa shape index (κ3) is 5.39. The predicted octanol–water partition coefficient (Wildman–Crippen LogP) is 6.67. The van der Waals surface area contributed by atoms with Gasteiger partial charge in [-0.25, -0.2) is 0 Å². The second-order valence-corrected chi connectivity index (χ2v) is 11.0. The Balaban J connectivity index is 1.50. The number of pyridine rings is 1. The van der Waals surface area contributed by atoms with Gasteiger partial charge in [0.05, 0.1) is 23.5 Å². The Morgan fingerprint density at radius 3 is 2.50 bits per heavy atom. The van der Waals surface area contributed by atoms with Gasteiger partial charge in [0.25, 0.3) is 0 Å². The minimum atomic E-state index is -0.134. The Labute approximate surface area is 242 Å². The largest absolute Gasteiger partial charge is 0.352 e. The van der Waals surface area contributed by atoms with Gasteiger partial charge >= 0.3 is 0 Å². The Bertz CT molecular complexity index is 1530. The highest BCUT2D eigenvalue weighted by molar-refractivity contribution is 7.80. The zero-order valence-electron chi connectivity index (χ0n) is 23.9. The van der Waals surface area contributed by atoms with E-state index in [0.717, 1.165) is 23.4 Å².